The summed E-state index contributed by atoms with van der Waals surface area (Å²) in [6.45, 7) is 0. The average Bonchev–Trinajstić information content (AvgIpc) is 2.05. The lowest BCUT2D eigenvalue weighted by Gasteiger charge is -2.01. The van der Waals surface area contributed by atoms with Crippen LogP contribution in [0.15, 0.2) is 24.3 Å². The molecule has 64 valence electrons. The number of hydrogen-bond donors (Lipinski definition) is 1. The molecule has 3 nitrogen and oxygen atoms in total. The van der Waals surface area contributed by atoms with E-state index < -0.39 is 5.37 Å². The molecule has 0 heterocycles. The van der Waals surface area contributed by atoms with Crippen molar-refractivity contribution < 1.29 is 9.53 Å². The van der Waals surface area contributed by atoms with Gasteiger partial charge in [0.2, 0.25) is 0 Å². The predicted molar refractivity (Wildman–Crippen MR) is 47.9 cm³/mol. The van der Waals surface area contributed by atoms with Crippen molar-refractivity contribution in [2.45, 2.75) is 0 Å². The number of carbonyl (C=O) groups excluding carboxylic acids is 1. The molecule has 1 rings (SSSR count). The highest BCUT2D eigenvalue weighted by molar-refractivity contribution is 6.65. The number of benzene rings is 1. The Hall–Kier alpha value is -1.22. The molecule has 1 aromatic rings. The van der Waals surface area contributed by atoms with Gasteiger partial charge in [0.05, 0.1) is 7.11 Å². The first-order valence-corrected chi connectivity index (χ1v) is 3.70. The van der Waals surface area contributed by atoms with Crippen LogP contribution < -0.4 is 10.1 Å². The Balaban J connectivity index is 2.71. The molecule has 0 fully saturated rings. The van der Waals surface area contributed by atoms with E-state index in [0.717, 1.165) is 5.75 Å². The number of amides is 1. The minimum absolute atomic E-state index is 0.597. The van der Waals surface area contributed by atoms with Crippen molar-refractivity contribution in [3.8, 4) is 5.75 Å². The second kappa shape index (κ2) is 3.97. The molecule has 0 unspecified atom stereocenters. The monoisotopic (exact) mass is 185 g/mol. The van der Waals surface area contributed by atoms with Crippen molar-refractivity contribution in [1.29, 1.82) is 0 Å². The Morgan fingerprint density at radius 3 is 2.42 bits per heavy atom. The fourth-order valence-corrected chi connectivity index (χ4v) is 0.897. The fourth-order valence-electron chi connectivity index (χ4n) is 0.788. The zero-order chi connectivity index (χ0) is 8.97. The van der Waals surface area contributed by atoms with Crippen molar-refractivity contribution in [1.82, 2.24) is 0 Å². The molecule has 0 aliphatic heterocycles. The molecule has 0 aliphatic carbocycles. The highest BCUT2D eigenvalue weighted by Crippen LogP contribution is 2.15. The molecule has 0 spiro atoms. The number of halogens is 1. The molecule has 4 heteroatoms. The summed E-state index contributed by atoms with van der Waals surface area (Å²) in [5, 5.41) is 1.83. The first-order valence-electron chi connectivity index (χ1n) is 3.33. The van der Waals surface area contributed by atoms with Crippen molar-refractivity contribution in [2.75, 3.05) is 12.4 Å². The average molecular weight is 186 g/mol. The van der Waals surface area contributed by atoms with E-state index >= 15 is 0 Å². The van der Waals surface area contributed by atoms with E-state index in [1.807, 2.05) is 0 Å². The molecule has 0 aliphatic rings. The third-order valence-corrected chi connectivity index (χ3v) is 1.43. The Morgan fingerprint density at radius 1 is 1.42 bits per heavy atom. The van der Waals surface area contributed by atoms with E-state index in [9.17, 15) is 4.79 Å². The molecule has 0 bridgehead atoms. The first kappa shape index (κ1) is 8.87. The largest absolute Gasteiger partial charge is 0.497 e. The molecule has 0 atom stereocenters. The van der Waals surface area contributed by atoms with Gasteiger partial charge in [0.25, 0.3) is 0 Å². The van der Waals surface area contributed by atoms with E-state index in [4.69, 9.17) is 16.3 Å². The summed E-state index contributed by atoms with van der Waals surface area (Å²) in [5.74, 6) is 0.738. The van der Waals surface area contributed by atoms with Gasteiger partial charge in [-0.25, -0.2) is 0 Å². The van der Waals surface area contributed by atoms with Crippen molar-refractivity contribution >= 4 is 22.7 Å². The van der Waals surface area contributed by atoms with Gasteiger partial charge >= 0.3 is 5.37 Å². The van der Waals surface area contributed by atoms with Crippen LogP contribution in [-0.4, -0.2) is 12.5 Å². The predicted octanol–water partition coefficient (Wildman–Crippen LogP) is 2.47. The summed E-state index contributed by atoms with van der Waals surface area (Å²) in [6, 6.07) is 6.89. The number of carbonyl (C=O) groups is 1. The van der Waals surface area contributed by atoms with Crippen LogP contribution in [0.2, 0.25) is 0 Å². The zero-order valence-electron chi connectivity index (χ0n) is 6.50. The minimum atomic E-state index is -0.597. The lowest BCUT2D eigenvalue weighted by atomic mass is 10.3. The van der Waals surface area contributed by atoms with E-state index in [-0.39, 0.29) is 0 Å². The Bertz CT molecular complexity index is 271. The van der Waals surface area contributed by atoms with Gasteiger partial charge in [-0.3, -0.25) is 4.79 Å². The minimum Gasteiger partial charge on any atom is -0.497 e. The maximum atomic E-state index is 10.4. The van der Waals surface area contributed by atoms with Crippen LogP contribution in [0.5, 0.6) is 5.75 Å². The van der Waals surface area contributed by atoms with Crippen LogP contribution in [-0.2, 0) is 0 Å². The summed E-state index contributed by atoms with van der Waals surface area (Å²) in [4.78, 5) is 10.4. The van der Waals surface area contributed by atoms with Gasteiger partial charge < -0.3 is 10.1 Å². The lowest BCUT2D eigenvalue weighted by molar-refractivity contribution is 0.269. The molecule has 1 N–H and O–H groups in total. The normalized spacial score (nSPS) is 9.17. The highest BCUT2D eigenvalue weighted by atomic mass is 35.5. The van der Waals surface area contributed by atoms with Gasteiger partial charge in [-0.2, -0.15) is 0 Å². The number of rotatable bonds is 2. The maximum Gasteiger partial charge on any atom is 0.318 e. The van der Waals surface area contributed by atoms with Gasteiger partial charge in [-0.15, -0.1) is 0 Å². The number of anilines is 1. The van der Waals surface area contributed by atoms with Gasteiger partial charge in [-0.05, 0) is 35.9 Å². The Morgan fingerprint density at radius 2 is 2.00 bits per heavy atom. The van der Waals surface area contributed by atoms with Crippen LogP contribution in [0.4, 0.5) is 10.5 Å². The van der Waals surface area contributed by atoms with E-state index in [2.05, 4.69) is 5.32 Å². The summed E-state index contributed by atoms with van der Waals surface area (Å²) >= 11 is 5.10. The van der Waals surface area contributed by atoms with Gasteiger partial charge in [0.1, 0.15) is 5.75 Å². The van der Waals surface area contributed by atoms with E-state index in [1.165, 1.54) is 0 Å². The van der Waals surface area contributed by atoms with Crippen molar-refractivity contribution in [2.24, 2.45) is 0 Å². The SMILES string of the molecule is COc1ccc(NC(=O)Cl)cc1. The molecule has 0 radical (unpaired) electrons. The smallest absolute Gasteiger partial charge is 0.318 e. The molecule has 0 saturated heterocycles. The Labute approximate surface area is 75.3 Å². The van der Waals surface area contributed by atoms with Crippen LogP contribution in [0.3, 0.4) is 0 Å². The van der Waals surface area contributed by atoms with Gasteiger partial charge in [0.15, 0.2) is 0 Å². The number of methoxy groups -OCH3 is 1. The Kier molecular flexibility index (Phi) is 2.94. The highest BCUT2D eigenvalue weighted by Gasteiger charge is 1.96. The summed E-state index contributed by atoms with van der Waals surface area (Å²) in [6.07, 6.45) is 0. The van der Waals surface area contributed by atoms with Crippen LogP contribution in [0.1, 0.15) is 0 Å². The number of ether oxygens (including phenoxy) is 1. The standard InChI is InChI=1S/C8H8ClNO2/c1-12-7-4-2-6(3-5-7)10-8(9)11/h2-5H,1H3,(H,10,11). The van der Waals surface area contributed by atoms with Gasteiger partial charge in [-0.1, -0.05) is 0 Å². The summed E-state index contributed by atoms with van der Waals surface area (Å²) in [5.41, 5.74) is 0.649. The molecule has 12 heavy (non-hydrogen) atoms. The second-order valence-electron chi connectivity index (χ2n) is 2.13. The van der Waals surface area contributed by atoms with Crippen LogP contribution >= 0.6 is 11.6 Å². The molecular formula is C8H8ClNO2. The fraction of sp³-hybridized carbons (Fsp3) is 0.125. The van der Waals surface area contributed by atoms with Gasteiger partial charge in [0, 0.05) is 5.69 Å². The van der Waals surface area contributed by atoms with Crippen molar-refractivity contribution in [3.05, 3.63) is 24.3 Å². The quantitative estimate of drug-likeness (QED) is 0.568. The summed E-state index contributed by atoms with van der Waals surface area (Å²) < 4.78 is 4.93. The van der Waals surface area contributed by atoms with E-state index in [0.29, 0.717) is 5.69 Å². The van der Waals surface area contributed by atoms with E-state index in [1.54, 1.807) is 31.4 Å². The molecule has 1 amide bonds. The zero-order valence-corrected chi connectivity index (χ0v) is 7.26. The lowest BCUT2D eigenvalue weighted by Crippen LogP contribution is -2.00. The second-order valence-corrected chi connectivity index (χ2v) is 2.47. The third kappa shape index (κ3) is 2.43. The topological polar surface area (TPSA) is 38.3 Å². The molecular weight excluding hydrogens is 178 g/mol. The van der Waals surface area contributed by atoms with Crippen LogP contribution in [0, 0.1) is 0 Å². The third-order valence-electron chi connectivity index (χ3n) is 1.33. The molecule has 0 saturated carbocycles. The number of nitrogens with one attached hydrogen (secondary N) is 1. The first-order chi connectivity index (χ1) is 5.72. The van der Waals surface area contributed by atoms with Crippen molar-refractivity contribution in [3.63, 3.8) is 0 Å². The number of hydrogen-bond acceptors (Lipinski definition) is 2. The maximum absolute atomic E-state index is 10.4. The molecule has 1 aromatic carbocycles. The summed E-state index contributed by atoms with van der Waals surface area (Å²) in [7, 11) is 1.58. The molecule has 0 aromatic heterocycles. The van der Waals surface area contributed by atoms with Crippen LogP contribution in [0.25, 0.3) is 0 Å².